The van der Waals surface area contributed by atoms with Crippen LogP contribution < -0.4 is 10.1 Å². The first kappa shape index (κ1) is 22.1. The lowest BCUT2D eigenvalue weighted by Crippen LogP contribution is -2.45. The number of hydrogen-bond acceptors (Lipinski definition) is 3. The van der Waals surface area contributed by atoms with Crippen LogP contribution in [-0.4, -0.2) is 29.5 Å². The molecule has 0 spiro atoms. The first-order valence-corrected chi connectivity index (χ1v) is 11.3. The van der Waals surface area contributed by atoms with Crippen molar-refractivity contribution < 1.29 is 13.9 Å². The molecule has 0 aromatic heterocycles. The number of rotatable bonds is 4. The molecule has 2 aliphatic rings. The standard InChI is InChI=1S/C25H30ClFN2O2/c1-16-4-7-20-22(14-25(2,3)31-23(20)12-16)28-24(30)17-8-10-29(11-9-17)15-18-5-6-19(26)13-21(18)27/h4-7,12-13,17,22H,8-11,14-15H2,1-3H3,(H,28,30). The summed E-state index contributed by atoms with van der Waals surface area (Å²) in [6.45, 7) is 8.25. The van der Waals surface area contributed by atoms with Crippen LogP contribution in [0.5, 0.6) is 5.75 Å². The maximum atomic E-state index is 14.1. The number of halogens is 2. The van der Waals surface area contributed by atoms with Gasteiger partial charge in [0.15, 0.2) is 0 Å². The number of nitrogens with one attached hydrogen (secondary N) is 1. The lowest BCUT2D eigenvalue weighted by Gasteiger charge is -2.39. The molecule has 1 amide bonds. The summed E-state index contributed by atoms with van der Waals surface area (Å²) in [7, 11) is 0. The zero-order chi connectivity index (χ0) is 22.2. The van der Waals surface area contributed by atoms with Crippen LogP contribution in [0.15, 0.2) is 36.4 Å². The van der Waals surface area contributed by atoms with Gasteiger partial charge in [0.05, 0.1) is 6.04 Å². The molecule has 6 heteroatoms. The van der Waals surface area contributed by atoms with E-state index in [0.29, 0.717) is 17.1 Å². The van der Waals surface area contributed by atoms with Crippen molar-refractivity contribution in [1.82, 2.24) is 10.2 Å². The van der Waals surface area contributed by atoms with Crippen molar-refractivity contribution in [2.24, 2.45) is 5.92 Å². The van der Waals surface area contributed by atoms with Gasteiger partial charge in [-0.1, -0.05) is 29.8 Å². The normalized spacial score (nSPS) is 21.3. The second kappa shape index (κ2) is 8.79. The van der Waals surface area contributed by atoms with Crippen molar-refractivity contribution >= 4 is 17.5 Å². The number of carbonyl (C=O) groups excluding carboxylic acids is 1. The minimum atomic E-state index is -0.329. The Morgan fingerprint density at radius 3 is 2.68 bits per heavy atom. The molecule has 1 fully saturated rings. The van der Waals surface area contributed by atoms with Gasteiger partial charge in [-0.15, -0.1) is 0 Å². The monoisotopic (exact) mass is 444 g/mol. The SMILES string of the molecule is Cc1ccc2c(c1)OC(C)(C)CC2NC(=O)C1CCN(Cc2ccc(Cl)cc2F)CC1. The number of ether oxygens (including phenoxy) is 1. The third-order valence-corrected chi connectivity index (χ3v) is 6.55. The highest BCUT2D eigenvalue weighted by Crippen LogP contribution is 2.40. The lowest BCUT2D eigenvalue weighted by atomic mass is 9.88. The molecule has 1 atom stereocenters. The summed E-state index contributed by atoms with van der Waals surface area (Å²) in [6.07, 6.45) is 2.28. The summed E-state index contributed by atoms with van der Waals surface area (Å²) in [5, 5.41) is 3.69. The van der Waals surface area contributed by atoms with E-state index >= 15 is 0 Å². The zero-order valence-corrected chi connectivity index (χ0v) is 19.1. The van der Waals surface area contributed by atoms with Crippen LogP contribution >= 0.6 is 11.6 Å². The van der Waals surface area contributed by atoms with Gasteiger partial charge in [-0.05, 0) is 70.5 Å². The molecular weight excluding hydrogens is 415 g/mol. The third-order valence-electron chi connectivity index (χ3n) is 6.31. The predicted molar refractivity (Wildman–Crippen MR) is 121 cm³/mol. The van der Waals surface area contributed by atoms with Crippen LogP contribution in [0.25, 0.3) is 0 Å². The highest BCUT2D eigenvalue weighted by atomic mass is 35.5. The highest BCUT2D eigenvalue weighted by Gasteiger charge is 2.36. The van der Waals surface area contributed by atoms with E-state index in [9.17, 15) is 9.18 Å². The molecular formula is C25H30ClFN2O2. The van der Waals surface area contributed by atoms with Crippen molar-refractivity contribution in [2.45, 2.75) is 58.2 Å². The first-order chi connectivity index (χ1) is 14.7. The van der Waals surface area contributed by atoms with E-state index in [1.807, 2.05) is 13.0 Å². The molecule has 31 heavy (non-hydrogen) atoms. The number of aryl methyl sites for hydroxylation is 1. The summed E-state index contributed by atoms with van der Waals surface area (Å²) in [5.41, 5.74) is 2.51. The fourth-order valence-corrected chi connectivity index (χ4v) is 4.78. The second-order valence-corrected chi connectivity index (χ2v) is 9.89. The Morgan fingerprint density at radius 2 is 1.97 bits per heavy atom. The Kier molecular flexibility index (Phi) is 6.27. The number of hydrogen-bond donors (Lipinski definition) is 1. The Labute approximate surface area is 188 Å². The fraction of sp³-hybridized carbons (Fsp3) is 0.480. The number of fused-ring (bicyclic) bond motifs is 1. The van der Waals surface area contributed by atoms with E-state index in [4.69, 9.17) is 16.3 Å². The molecule has 2 aliphatic heterocycles. The van der Waals surface area contributed by atoms with Gasteiger partial charge in [0.2, 0.25) is 5.91 Å². The van der Waals surface area contributed by atoms with E-state index in [-0.39, 0.29) is 29.3 Å². The molecule has 0 saturated carbocycles. The van der Waals surface area contributed by atoms with Crippen molar-refractivity contribution in [1.29, 1.82) is 0 Å². The van der Waals surface area contributed by atoms with E-state index in [2.05, 4.69) is 36.2 Å². The van der Waals surface area contributed by atoms with Gasteiger partial charge in [-0.25, -0.2) is 4.39 Å². The molecule has 0 aliphatic carbocycles. The highest BCUT2D eigenvalue weighted by molar-refractivity contribution is 6.30. The van der Waals surface area contributed by atoms with Crippen molar-refractivity contribution in [3.8, 4) is 5.75 Å². The number of nitrogens with zero attached hydrogens (tertiary/aromatic N) is 1. The van der Waals surface area contributed by atoms with Gasteiger partial charge < -0.3 is 10.1 Å². The van der Waals surface area contributed by atoms with Gasteiger partial charge in [-0.2, -0.15) is 0 Å². The average Bonchev–Trinajstić information content (AvgIpc) is 2.69. The molecule has 2 aromatic rings. The molecule has 4 nitrogen and oxygen atoms in total. The lowest BCUT2D eigenvalue weighted by molar-refractivity contribution is -0.127. The molecule has 4 rings (SSSR count). The number of likely N-dealkylation sites (tertiary alicyclic amines) is 1. The quantitative estimate of drug-likeness (QED) is 0.684. The minimum Gasteiger partial charge on any atom is -0.487 e. The van der Waals surface area contributed by atoms with E-state index in [0.717, 1.165) is 49.2 Å². The number of benzene rings is 2. The number of piperidine rings is 1. The predicted octanol–water partition coefficient (Wildman–Crippen LogP) is 5.42. The molecule has 2 heterocycles. The third kappa shape index (κ3) is 5.21. The fourth-order valence-electron chi connectivity index (χ4n) is 4.62. The number of carbonyl (C=O) groups is 1. The molecule has 1 unspecified atom stereocenters. The van der Waals surface area contributed by atoms with Crippen LogP contribution in [0.1, 0.15) is 55.8 Å². The number of amides is 1. The van der Waals surface area contributed by atoms with Gasteiger partial charge in [0, 0.05) is 35.0 Å². The van der Waals surface area contributed by atoms with E-state index in [1.165, 1.54) is 6.07 Å². The van der Waals surface area contributed by atoms with Crippen LogP contribution in [-0.2, 0) is 11.3 Å². The average molecular weight is 445 g/mol. The molecule has 1 N–H and O–H groups in total. The van der Waals surface area contributed by atoms with Gasteiger partial charge in [0.1, 0.15) is 17.2 Å². The largest absolute Gasteiger partial charge is 0.487 e. The van der Waals surface area contributed by atoms with Crippen LogP contribution in [0.2, 0.25) is 5.02 Å². The minimum absolute atomic E-state index is 0.0221. The summed E-state index contributed by atoms with van der Waals surface area (Å²) < 4.78 is 20.2. The molecule has 0 bridgehead atoms. The Morgan fingerprint density at radius 1 is 1.23 bits per heavy atom. The van der Waals surface area contributed by atoms with E-state index < -0.39 is 0 Å². The summed E-state index contributed by atoms with van der Waals surface area (Å²) in [5.74, 6) is 0.669. The smallest absolute Gasteiger partial charge is 0.223 e. The molecule has 0 radical (unpaired) electrons. The van der Waals surface area contributed by atoms with Crippen LogP contribution in [0.4, 0.5) is 4.39 Å². The van der Waals surface area contributed by atoms with Crippen molar-refractivity contribution in [2.75, 3.05) is 13.1 Å². The Balaban J connectivity index is 1.36. The van der Waals surface area contributed by atoms with Crippen molar-refractivity contribution in [3.63, 3.8) is 0 Å². The van der Waals surface area contributed by atoms with Crippen LogP contribution in [0, 0.1) is 18.7 Å². The van der Waals surface area contributed by atoms with Crippen LogP contribution in [0.3, 0.4) is 0 Å². The topological polar surface area (TPSA) is 41.6 Å². The maximum absolute atomic E-state index is 14.1. The summed E-state index contributed by atoms with van der Waals surface area (Å²) in [4.78, 5) is 15.3. The maximum Gasteiger partial charge on any atom is 0.223 e. The molecule has 2 aromatic carbocycles. The Hall–Kier alpha value is -2.11. The summed E-state index contributed by atoms with van der Waals surface area (Å²) in [6, 6.07) is 10.9. The van der Waals surface area contributed by atoms with Crippen molar-refractivity contribution in [3.05, 3.63) is 63.9 Å². The van der Waals surface area contributed by atoms with Gasteiger partial charge in [0.25, 0.3) is 0 Å². The first-order valence-electron chi connectivity index (χ1n) is 11.0. The summed E-state index contributed by atoms with van der Waals surface area (Å²) >= 11 is 5.84. The molecule has 166 valence electrons. The van der Waals surface area contributed by atoms with Gasteiger partial charge >= 0.3 is 0 Å². The second-order valence-electron chi connectivity index (χ2n) is 9.45. The zero-order valence-electron chi connectivity index (χ0n) is 18.4. The van der Waals surface area contributed by atoms with E-state index in [1.54, 1.807) is 12.1 Å². The molecule has 1 saturated heterocycles. The Bertz CT molecular complexity index is 970. The van der Waals surface area contributed by atoms with Gasteiger partial charge in [-0.3, -0.25) is 9.69 Å².